The van der Waals surface area contributed by atoms with Crippen molar-refractivity contribution in [2.45, 2.75) is 19.3 Å². The zero-order valence-electron chi connectivity index (χ0n) is 7.59. The van der Waals surface area contributed by atoms with E-state index in [4.69, 9.17) is 0 Å². The predicted molar refractivity (Wildman–Crippen MR) is 49.2 cm³/mol. The van der Waals surface area contributed by atoms with Crippen LogP contribution in [0.25, 0.3) is 0 Å². The van der Waals surface area contributed by atoms with Crippen molar-refractivity contribution in [1.82, 2.24) is 0 Å². The molecule has 1 radical (unpaired) electrons. The Bertz CT molecular complexity index is 205. The third-order valence-electron chi connectivity index (χ3n) is 2.10. The number of fused-ring (bicyclic) bond motifs is 1. The summed E-state index contributed by atoms with van der Waals surface area (Å²) in [6, 6.07) is 8.72. The first-order valence-electron chi connectivity index (χ1n) is 3.85. The van der Waals surface area contributed by atoms with E-state index < -0.39 is 0 Å². The van der Waals surface area contributed by atoms with Crippen LogP contribution < -0.4 is 0 Å². The Kier molecular flexibility index (Phi) is 6.04. The van der Waals surface area contributed by atoms with Crippen molar-refractivity contribution >= 4 is 0 Å². The zero-order chi connectivity index (χ0) is 6.81. The number of hydrogen-bond acceptors (Lipinski definition) is 0. The Labute approximate surface area is 101 Å². The van der Waals surface area contributed by atoms with Gasteiger partial charge in [-0.2, -0.15) is 12.8 Å². The minimum absolute atomic E-state index is 0. The first-order chi connectivity index (χ1) is 4.97. The van der Waals surface area contributed by atoms with Crippen LogP contribution in [0.2, 0.25) is 0 Å². The Morgan fingerprint density at radius 2 is 1.75 bits per heavy atom. The van der Waals surface area contributed by atoms with Crippen LogP contribution in [0, 0.1) is 13.8 Å². The minimum Gasteiger partial charge on any atom is -0.358 e. The fourth-order valence-corrected chi connectivity index (χ4v) is 1.52. The molecule has 0 fully saturated rings. The van der Waals surface area contributed by atoms with Crippen LogP contribution in [0.1, 0.15) is 17.5 Å². The third-order valence-corrected chi connectivity index (χ3v) is 2.10. The molecule has 0 heterocycles. The average molecular weight is 235 g/mol. The SMILES string of the molecule is [CH3-].[Y].c1ccc2c(c1)C[CH-]CC2. The van der Waals surface area contributed by atoms with Crippen LogP contribution in [0.15, 0.2) is 24.3 Å². The maximum Gasteiger partial charge on any atom is 0 e. The van der Waals surface area contributed by atoms with Crippen LogP contribution in [0.3, 0.4) is 0 Å². The molecule has 0 atom stereocenters. The molecule has 0 bridgehead atoms. The molecule has 0 N–H and O–H groups in total. The summed E-state index contributed by atoms with van der Waals surface area (Å²) in [6.45, 7) is 0. The summed E-state index contributed by atoms with van der Waals surface area (Å²) in [5.41, 5.74) is 3.07. The second-order valence-electron chi connectivity index (χ2n) is 2.80. The molecular formula is C11H14Y-2. The molecule has 0 aromatic heterocycles. The standard InChI is InChI=1S/C10H11.CH3.Y/c1-2-6-10-8-4-3-7-9(10)5-1;;/h1-3,5-6H,4,7-8H2;1H3;/q2*-1;. The maximum absolute atomic E-state index is 2.36. The van der Waals surface area contributed by atoms with E-state index in [-0.39, 0.29) is 40.1 Å². The van der Waals surface area contributed by atoms with Gasteiger partial charge in [0.15, 0.2) is 0 Å². The average Bonchev–Trinajstić information content (AvgIpc) is 2.05. The molecule has 1 aliphatic rings. The summed E-state index contributed by atoms with van der Waals surface area (Å²) in [6.07, 6.45) is 6.05. The van der Waals surface area contributed by atoms with Gasteiger partial charge in [0.2, 0.25) is 0 Å². The van der Waals surface area contributed by atoms with E-state index in [1.165, 1.54) is 24.8 Å². The van der Waals surface area contributed by atoms with Crippen molar-refractivity contribution in [3.63, 3.8) is 0 Å². The molecule has 0 amide bonds. The molecular weight excluding hydrogens is 221 g/mol. The minimum atomic E-state index is 0. The van der Waals surface area contributed by atoms with Gasteiger partial charge in [-0.3, -0.25) is 0 Å². The summed E-state index contributed by atoms with van der Waals surface area (Å²) in [7, 11) is 0. The van der Waals surface area contributed by atoms with E-state index in [0.717, 1.165) is 0 Å². The van der Waals surface area contributed by atoms with Crippen LogP contribution in [0.5, 0.6) is 0 Å². The summed E-state index contributed by atoms with van der Waals surface area (Å²) in [5, 5.41) is 0. The fraction of sp³-hybridized carbons (Fsp3) is 0.273. The molecule has 63 valence electrons. The van der Waals surface area contributed by atoms with E-state index in [1.807, 2.05) is 0 Å². The third kappa shape index (κ3) is 2.67. The molecule has 2 rings (SSSR count). The molecule has 1 heteroatoms. The van der Waals surface area contributed by atoms with Crippen LogP contribution in [-0.2, 0) is 45.6 Å². The van der Waals surface area contributed by atoms with Gasteiger partial charge in [0.1, 0.15) is 0 Å². The summed E-state index contributed by atoms with van der Waals surface area (Å²) < 4.78 is 0. The normalized spacial score (nSPS) is 13.7. The van der Waals surface area contributed by atoms with Gasteiger partial charge >= 0.3 is 0 Å². The van der Waals surface area contributed by atoms with E-state index >= 15 is 0 Å². The quantitative estimate of drug-likeness (QED) is 0.606. The predicted octanol–water partition coefficient (Wildman–Crippen LogP) is 2.83. The second-order valence-corrected chi connectivity index (χ2v) is 2.80. The fourth-order valence-electron chi connectivity index (χ4n) is 1.52. The van der Waals surface area contributed by atoms with Crippen LogP contribution in [-0.4, -0.2) is 0 Å². The molecule has 0 nitrogen and oxygen atoms in total. The molecule has 1 aromatic rings. The van der Waals surface area contributed by atoms with Crippen LogP contribution >= 0.6 is 0 Å². The van der Waals surface area contributed by atoms with Crippen molar-refractivity contribution in [1.29, 1.82) is 0 Å². The van der Waals surface area contributed by atoms with Gasteiger partial charge in [0, 0.05) is 32.7 Å². The Morgan fingerprint density at radius 3 is 2.42 bits per heavy atom. The molecule has 12 heavy (non-hydrogen) atoms. The largest absolute Gasteiger partial charge is 0.358 e. The molecule has 1 aliphatic carbocycles. The zero-order valence-corrected chi connectivity index (χ0v) is 10.4. The van der Waals surface area contributed by atoms with E-state index in [0.29, 0.717) is 0 Å². The molecule has 0 saturated heterocycles. The Hall–Kier alpha value is 0.324. The van der Waals surface area contributed by atoms with Gasteiger partial charge in [-0.1, -0.05) is 36.2 Å². The summed E-state index contributed by atoms with van der Waals surface area (Å²) in [5.74, 6) is 0. The van der Waals surface area contributed by atoms with Crippen molar-refractivity contribution in [3.05, 3.63) is 49.2 Å². The van der Waals surface area contributed by atoms with Gasteiger partial charge in [0.05, 0.1) is 0 Å². The number of benzene rings is 1. The molecule has 0 spiro atoms. The van der Waals surface area contributed by atoms with Gasteiger partial charge in [0.25, 0.3) is 0 Å². The van der Waals surface area contributed by atoms with E-state index in [1.54, 1.807) is 5.56 Å². The maximum atomic E-state index is 2.36. The van der Waals surface area contributed by atoms with E-state index in [2.05, 4.69) is 30.7 Å². The Balaban J connectivity index is 0.000000605. The first-order valence-corrected chi connectivity index (χ1v) is 3.85. The molecule has 0 aliphatic heterocycles. The smallest absolute Gasteiger partial charge is 0 e. The second kappa shape index (κ2) is 5.88. The summed E-state index contributed by atoms with van der Waals surface area (Å²) >= 11 is 0. The van der Waals surface area contributed by atoms with Crippen molar-refractivity contribution in [2.75, 3.05) is 0 Å². The number of rotatable bonds is 0. The monoisotopic (exact) mass is 235 g/mol. The molecule has 1 aromatic carbocycles. The van der Waals surface area contributed by atoms with Gasteiger partial charge in [-0.15, -0.1) is 0 Å². The van der Waals surface area contributed by atoms with Crippen molar-refractivity contribution < 1.29 is 32.7 Å². The van der Waals surface area contributed by atoms with E-state index in [9.17, 15) is 0 Å². The number of aryl methyl sites for hydroxylation is 1. The first kappa shape index (κ1) is 12.3. The van der Waals surface area contributed by atoms with Gasteiger partial charge in [-0.05, 0) is 5.56 Å². The summed E-state index contributed by atoms with van der Waals surface area (Å²) in [4.78, 5) is 0. The van der Waals surface area contributed by atoms with Gasteiger partial charge in [-0.25, -0.2) is 0 Å². The Morgan fingerprint density at radius 1 is 1.08 bits per heavy atom. The van der Waals surface area contributed by atoms with Gasteiger partial charge < -0.3 is 13.8 Å². The van der Waals surface area contributed by atoms with Crippen molar-refractivity contribution in [3.8, 4) is 0 Å². The van der Waals surface area contributed by atoms with Crippen molar-refractivity contribution in [2.24, 2.45) is 0 Å². The molecule has 0 unspecified atom stereocenters. The number of hydrogen-bond donors (Lipinski definition) is 0. The topological polar surface area (TPSA) is 0 Å². The van der Waals surface area contributed by atoms with Crippen LogP contribution in [0.4, 0.5) is 0 Å². The molecule has 0 saturated carbocycles.